The van der Waals surface area contributed by atoms with Gasteiger partial charge in [0, 0.05) is 18.7 Å². The Morgan fingerprint density at radius 2 is 2.10 bits per heavy atom. The fourth-order valence-corrected chi connectivity index (χ4v) is 2.53. The maximum absolute atomic E-state index is 12.9. The number of benzene rings is 1. The summed E-state index contributed by atoms with van der Waals surface area (Å²) < 4.78 is 18.3. The molecule has 6 heteroatoms. The first-order valence-electron chi connectivity index (χ1n) is 7.02. The Bertz CT molecular complexity index is 639. The van der Waals surface area contributed by atoms with Crippen LogP contribution in [0.5, 0.6) is 0 Å². The van der Waals surface area contributed by atoms with E-state index < -0.39 is 0 Å². The van der Waals surface area contributed by atoms with Crippen molar-refractivity contribution in [3.8, 4) is 11.5 Å². The highest BCUT2D eigenvalue weighted by atomic mass is 19.1. The molecule has 0 aliphatic carbocycles. The average Bonchev–Trinajstić information content (AvgIpc) is 2.97. The normalized spacial score (nSPS) is 18.8. The van der Waals surface area contributed by atoms with Crippen molar-refractivity contribution in [1.82, 2.24) is 15.1 Å². The lowest BCUT2D eigenvalue weighted by molar-refractivity contribution is 0.0643. The molecule has 1 amide bonds. The standard InChI is InChI=1S/C15H16FN3O2/c1-10-3-2-8-19(9-10)15(20)14-18-17-13(21-14)11-4-6-12(16)7-5-11/h4-7,10H,2-3,8-9H2,1H3. The zero-order chi connectivity index (χ0) is 14.8. The summed E-state index contributed by atoms with van der Waals surface area (Å²) in [5.41, 5.74) is 0.593. The third-order valence-electron chi connectivity index (χ3n) is 3.64. The fraction of sp³-hybridized carbons (Fsp3) is 0.400. The van der Waals surface area contributed by atoms with Gasteiger partial charge in [-0.25, -0.2) is 4.39 Å². The molecule has 1 atom stereocenters. The van der Waals surface area contributed by atoms with Crippen molar-refractivity contribution in [1.29, 1.82) is 0 Å². The molecular formula is C15H16FN3O2. The first-order valence-corrected chi connectivity index (χ1v) is 7.02. The van der Waals surface area contributed by atoms with Crippen molar-refractivity contribution in [3.63, 3.8) is 0 Å². The number of nitrogens with zero attached hydrogens (tertiary/aromatic N) is 3. The number of aromatic nitrogens is 2. The number of carbonyl (C=O) groups excluding carboxylic acids is 1. The minimum Gasteiger partial charge on any atom is -0.412 e. The summed E-state index contributed by atoms with van der Waals surface area (Å²) in [5.74, 6) is 0.133. The molecule has 1 saturated heterocycles. The van der Waals surface area contributed by atoms with Crippen LogP contribution in [0.1, 0.15) is 30.5 Å². The van der Waals surface area contributed by atoms with Crippen molar-refractivity contribution in [2.45, 2.75) is 19.8 Å². The van der Waals surface area contributed by atoms with Crippen LogP contribution < -0.4 is 0 Å². The fourth-order valence-electron chi connectivity index (χ4n) is 2.53. The molecule has 1 aromatic carbocycles. The Hall–Kier alpha value is -2.24. The molecule has 0 bridgehead atoms. The zero-order valence-electron chi connectivity index (χ0n) is 11.8. The molecule has 0 N–H and O–H groups in total. The molecule has 1 aromatic heterocycles. The predicted molar refractivity (Wildman–Crippen MR) is 74.0 cm³/mol. The first kappa shape index (κ1) is 13.7. The van der Waals surface area contributed by atoms with Crippen LogP contribution >= 0.6 is 0 Å². The molecular weight excluding hydrogens is 273 g/mol. The Labute approximate surface area is 121 Å². The number of carbonyl (C=O) groups is 1. The predicted octanol–water partition coefficient (Wildman–Crippen LogP) is 2.75. The number of halogens is 1. The molecule has 3 rings (SSSR count). The molecule has 0 spiro atoms. The van der Waals surface area contributed by atoms with Crippen LogP contribution in [0.4, 0.5) is 4.39 Å². The van der Waals surface area contributed by atoms with E-state index in [4.69, 9.17) is 4.42 Å². The summed E-state index contributed by atoms with van der Waals surface area (Å²) >= 11 is 0. The van der Waals surface area contributed by atoms with Gasteiger partial charge in [0.25, 0.3) is 0 Å². The highest BCUT2D eigenvalue weighted by Crippen LogP contribution is 2.21. The first-order chi connectivity index (χ1) is 10.1. The lowest BCUT2D eigenvalue weighted by Gasteiger charge is -2.29. The molecule has 1 aliphatic rings. The van der Waals surface area contributed by atoms with E-state index in [-0.39, 0.29) is 23.5 Å². The van der Waals surface area contributed by atoms with Crippen LogP contribution in [0.15, 0.2) is 28.7 Å². The quantitative estimate of drug-likeness (QED) is 0.853. The molecule has 110 valence electrons. The Balaban J connectivity index is 1.78. The Kier molecular flexibility index (Phi) is 3.68. The lowest BCUT2D eigenvalue weighted by Crippen LogP contribution is -2.39. The molecule has 5 nitrogen and oxygen atoms in total. The zero-order valence-corrected chi connectivity index (χ0v) is 11.8. The van der Waals surface area contributed by atoms with E-state index >= 15 is 0 Å². The molecule has 0 radical (unpaired) electrons. The van der Waals surface area contributed by atoms with Gasteiger partial charge in [-0.1, -0.05) is 6.92 Å². The maximum Gasteiger partial charge on any atom is 0.311 e. The van der Waals surface area contributed by atoms with Gasteiger partial charge < -0.3 is 9.32 Å². The van der Waals surface area contributed by atoms with Crippen molar-refractivity contribution < 1.29 is 13.6 Å². The van der Waals surface area contributed by atoms with Gasteiger partial charge in [0.15, 0.2) is 0 Å². The van der Waals surface area contributed by atoms with Crippen LogP contribution in [-0.2, 0) is 0 Å². The van der Waals surface area contributed by atoms with E-state index in [1.807, 2.05) is 0 Å². The van der Waals surface area contributed by atoms with Crippen LogP contribution in [-0.4, -0.2) is 34.1 Å². The van der Waals surface area contributed by atoms with Gasteiger partial charge in [-0.15, -0.1) is 10.2 Å². The van der Waals surface area contributed by atoms with Crippen LogP contribution in [0.3, 0.4) is 0 Å². The maximum atomic E-state index is 12.9. The van der Waals surface area contributed by atoms with Gasteiger partial charge in [-0.2, -0.15) is 0 Å². The summed E-state index contributed by atoms with van der Waals surface area (Å²) in [6.45, 7) is 3.56. The molecule has 2 aromatic rings. The highest BCUT2D eigenvalue weighted by Gasteiger charge is 2.26. The van der Waals surface area contributed by atoms with E-state index in [2.05, 4.69) is 17.1 Å². The summed E-state index contributed by atoms with van der Waals surface area (Å²) in [5, 5.41) is 7.68. The number of hydrogen-bond donors (Lipinski definition) is 0. The number of likely N-dealkylation sites (tertiary alicyclic amines) is 1. The third kappa shape index (κ3) is 2.94. The van der Waals surface area contributed by atoms with E-state index in [1.54, 1.807) is 17.0 Å². The van der Waals surface area contributed by atoms with Crippen molar-refractivity contribution in [2.75, 3.05) is 13.1 Å². The van der Waals surface area contributed by atoms with Gasteiger partial charge in [0.05, 0.1) is 0 Å². The van der Waals surface area contributed by atoms with Gasteiger partial charge >= 0.3 is 11.8 Å². The topological polar surface area (TPSA) is 59.2 Å². The second-order valence-corrected chi connectivity index (χ2v) is 5.42. The van der Waals surface area contributed by atoms with Gasteiger partial charge in [0.1, 0.15) is 5.82 Å². The summed E-state index contributed by atoms with van der Waals surface area (Å²) in [4.78, 5) is 14.1. The molecule has 2 heterocycles. The van der Waals surface area contributed by atoms with Crippen LogP contribution in [0.25, 0.3) is 11.5 Å². The second kappa shape index (κ2) is 5.63. The smallest absolute Gasteiger partial charge is 0.311 e. The van der Waals surface area contributed by atoms with Crippen molar-refractivity contribution in [2.24, 2.45) is 5.92 Å². The van der Waals surface area contributed by atoms with Gasteiger partial charge in [-0.05, 0) is 43.0 Å². The van der Waals surface area contributed by atoms with Crippen molar-refractivity contribution >= 4 is 5.91 Å². The van der Waals surface area contributed by atoms with Gasteiger partial charge in [0.2, 0.25) is 5.89 Å². The lowest BCUT2D eigenvalue weighted by atomic mass is 10.0. The highest BCUT2D eigenvalue weighted by molar-refractivity contribution is 5.89. The second-order valence-electron chi connectivity index (χ2n) is 5.42. The van der Waals surface area contributed by atoms with Crippen LogP contribution in [0, 0.1) is 11.7 Å². The molecule has 1 unspecified atom stereocenters. The Morgan fingerprint density at radius 3 is 2.81 bits per heavy atom. The van der Waals surface area contributed by atoms with E-state index in [0.717, 1.165) is 19.4 Å². The van der Waals surface area contributed by atoms with E-state index in [9.17, 15) is 9.18 Å². The molecule has 1 aliphatic heterocycles. The summed E-state index contributed by atoms with van der Waals surface area (Å²) in [6, 6.07) is 5.71. The summed E-state index contributed by atoms with van der Waals surface area (Å²) in [7, 11) is 0. The average molecular weight is 289 g/mol. The number of amides is 1. The van der Waals surface area contributed by atoms with Crippen LogP contribution in [0.2, 0.25) is 0 Å². The SMILES string of the molecule is CC1CCCN(C(=O)c2nnc(-c3ccc(F)cc3)o2)C1. The number of piperidine rings is 1. The molecule has 0 saturated carbocycles. The largest absolute Gasteiger partial charge is 0.412 e. The van der Waals surface area contributed by atoms with E-state index in [0.29, 0.717) is 18.0 Å². The van der Waals surface area contributed by atoms with Crippen molar-refractivity contribution in [3.05, 3.63) is 36.0 Å². The monoisotopic (exact) mass is 289 g/mol. The van der Waals surface area contributed by atoms with E-state index in [1.165, 1.54) is 12.1 Å². The number of rotatable bonds is 2. The number of hydrogen-bond acceptors (Lipinski definition) is 4. The molecule has 1 fully saturated rings. The summed E-state index contributed by atoms with van der Waals surface area (Å²) in [6.07, 6.45) is 2.13. The van der Waals surface area contributed by atoms with Gasteiger partial charge in [-0.3, -0.25) is 4.79 Å². The minimum absolute atomic E-state index is 0.0107. The Morgan fingerprint density at radius 1 is 1.33 bits per heavy atom. The molecule has 21 heavy (non-hydrogen) atoms. The third-order valence-corrected chi connectivity index (χ3v) is 3.64. The minimum atomic E-state index is -0.336.